The number of aryl methyl sites for hydroxylation is 1. The second-order valence-electron chi connectivity index (χ2n) is 4.47. The van der Waals surface area contributed by atoms with Gasteiger partial charge in [-0.15, -0.1) is 0 Å². The van der Waals surface area contributed by atoms with Gasteiger partial charge in [0.2, 0.25) is 0 Å². The van der Waals surface area contributed by atoms with Crippen LogP contribution in [0, 0.1) is 6.92 Å². The molecule has 4 heteroatoms. The first-order chi connectivity index (χ1) is 7.26. The number of rotatable bonds is 4. The average molecular weight is 209 g/mol. The van der Waals surface area contributed by atoms with Gasteiger partial charge in [-0.1, -0.05) is 12.8 Å². The number of H-pyrrole nitrogens is 1. The number of aliphatic hydroxyl groups is 1. The van der Waals surface area contributed by atoms with Gasteiger partial charge in [-0.25, -0.2) is 4.98 Å². The Morgan fingerprint density at radius 1 is 1.53 bits per heavy atom. The van der Waals surface area contributed by atoms with E-state index in [-0.39, 0.29) is 12.1 Å². The van der Waals surface area contributed by atoms with E-state index in [1.807, 2.05) is 6.92 Å². The lowest BCUT2D eigenvalue weighted by Crippen LogP contribution is -2.45. The first-order valence-electron chi connectivity index (χ1n) is 5.60. The van der Waals surface area contributed by atoms with E-state index in [2.05, 4.69) is 15.3 Å². The van der Waals surface area contributed by atoms with Gasteiger partial charge in [0.15, 0.2) is 0 Å². The topological polar surface area (TPSA) is 60.9 Å². The fourth-order valence-corrected chi connectivity index (χ4v) is 2.28. The summed E-state index contributed by atoms with van der Waals surface area (Å²) < 4.78 is 0. The van der Waals surface area contributed by atoms with Crippen LogP contribution in [0.25, 0.3) is 0 Å². The van der Waals surface area contributed by atoms with Crippen LogP contribution in [-0.2, 0) is 6.54 Å². The molecule has 3 N–H and O–H groups in total. The Kier molecular flexibility index (Phi) is 3.07. The van der Waals surface area contributed by atoms with Crippen molar-refractivity contribution in [3.05, 3.63) is 17.7 Å². The summed E-state index contributed by atoms with van der Waals surface area (Å²) >= 11 is 0. The Morgan fingerprint density at radius 2 is 2.27 bits per heavy atom. The maximum atomic E-state index is 9.42. The SMILES string of the molecule is Cc1[nH]cnc1CNC1(CO)CCCC1. The number of nitrogens with zero attached hydrogens (tertiary/aromatic N) is 1. The molecule has 0 bridgehead atoms. The van der Waals surface area contributed by atoms with Crippen LogP contribution in [0.3, 0.4) is 0 Å². The first kappa shape index (κ1) is 10.6. The molecule has 0 amide bonds. The van der Waals surface area contributed by atoms with Gasteiger partial charge in [0, 0.05) is 17.8 Å². The molecule has 4 nitrogen and oxygen atoms in total. The molecule has 84 valence electrons. The van der Waals surface area contributed by atoms with Gasteiger partial charge in [-0.05, 0) is 19.8 Å². The Labute approximate surface area is 90.1 Å². The van der Waals surface area contributed by atoms with Gasteiger partial charge in [0.1, 0.15) is 0 Å². The van der Waals surface area contributed by atoms with Crippen molar-refractivity contribution in [1.29, 1.82) is 0 Å². The number of aliphatic hydroxyl groups excluding tert-OH is 1. The van der Waals surface area contributed by atoms with Gasteiger partial charge >= 0.3 is 0 Å². The lowest BCUT2D eigenvalue weighted by molar-refractivity contribution is 0.162. The molecule has 1 aliphatic rings. The van der Waals surface area contributed by atoms with Crippen LogP contribution < -0.4 is 5.32 Å². The van der Waals surface area contributed by atoms with Gasteiger partial charge in [-0.2, -0.15) is 0 Å². The van der Waals surface area contributed by atoms with Crippen molar-refractivity contribution >= 4 is 0 Å². The first-order valence-corrected chi connectivity index (χ1v) is 5.60. The van der Waals surface area contributed by atoms with E-state index in [1.54, 1.807) is 6.33 Å². The molecular weight excluding hydrogens is 190 g/mol. The van der Waals surface area contributed by atoms with Gasteiger partial charge < -0.3 is 15.4 Å². The minimum atomic E-state index is -0.0502. The van der Waals surface area contributed by atoms with E-state index in [0.29, 0.717) is 0 Å². The van der Waals surface area contributed by atoms with Crippen LogP contribution in [0.2, 0.25) is 0 Å². The smallest absolute Gasteiger partial charge is 0.0925 e. The average Bonchev–Trinajstić information content (AvgIpc) is 2.85. The van der Waals surface area contributed by atoms with Crippen LogP contribution in [0.4, 0.5) is 0 Å². The van der Waals surface area contributed by atoms with Crippen molar-refractivity contribution in [2.45, 2.75) is 44.7 Å². The zero-order valence-corrected chi connectivity index (χ0v) is 9.21. The highest BCUT2D eigenvalue weighted by Gasteiger charge is 2.32. The number of aromatic amines is 1. The quantitative estimate of drug-likeness (QED) is 0.696. The molecule has 0 unspecified atom stereocenters. The van der Waals surface area contributed by atoms with Gasteiger partial charge in [0.05, 0.1) is 18.6 Å². The van der Waals surface area contributed by atoms with E-state index in [0.717, 1.165) is 30.8 Å². The lowest BCUT2D eigenvalue weighted by Gasteiger charge is -2.27. The van der Waals surface area contributed by atoms with Crippen LogP contribution in [0.5, 0.6) is 0 Å². The van der Waals surface area contributed by atoms with E-state index in [1.165, 1.54) is 12.8 Å². The third kappa shape index (κ3) is 2.21. The predicted molar refractivity (Wildman–Crippen MR) is 58.4 cm³/mol. The summed E-state index contributed by atoms with van der Waals surface area (Å²) in [6.07, 6.45) is 6.30. The minimum absolute atomic E-state index is 0.0502. The van der Waals surface area contributed by atoms with Crippen molar-refractivity contribution in [3.63, 3.8) is 0 Å². The zero-order chi connectivity index (χ0) is 10.7. The maximum absolute atomic E-state index is 9.42. The number of hydrogen-bond acceptors (Lipinski definition) is 3. The molecule has 0 radical (unpaired) electrons. The number of imidazole rings is 1. The highest BCUT2D eigenvalue weighted by atomic mass is 16.3. The summed E-state index contributed by atoms with van der Waals surface area (Å²) in [6.45, 7) is 3.00. The molecule has 1 saturated carbocycles. The van der Waals surface area contributed by atoms with E-state index in [4.69, 9.17) is 0 Å². The Morgan fingerprint density at radius 3 is 2.80 bits per heavy atom. The highest BCUT2D eigenvalue weighted by molar-refractivity contribution is 5.09. The van der Waals surface area contributed by atoms with Crippen LogP contribution in [0.15, 0.2) is 6.33 Å². The third-order valence-electron chi connectivity index (χ3n) is 3.43. The Hall–Kier alpha value is -0.870. The Bertz CT molecular complexity index is 315. The van der Waals surface area contributed by atoms with Crippen LogP contribution in [-0.4, -0.2) is 27.2 Å². The summed E-state index contributed by atoms with van der Waals surface area (Å²) in [6, 6.07) is 0. The number of aromatic nitrogens is 2. The normalized spacial score (nSPS) is 19.6. The molecule has 1 fully saturated rings. The molecular formula is C11H19N3O. The van der Waals surface area contributed by atoms with E-state index < -0.39 is 0 Å². The lowest BCUT2D eigenvalue weighted by atomic mass is 9.99. The molecule has 1 aliphatic carbocycles. The molecule has 0 aliphatic heterocycles. The number of hydrogen-bond donors (Lipinski definition) is 3. The largest absolute Gasteiger partial charge is 0.394 e. The number of nitrogens with one attached hydrogen (secondary N) is 2. The van der Waals surface area contributed by atoms with E-state index >= 15 is 0 Å². The predicted octanol–water partition coefficient (Wildman–Crippen LogP) is 1.11. The fourth-order valence-electron chi connectivity index (χ4n) is 2.28. The van der Waals surface area contributed by atoms with Crippen molar-refractivity contribution < 1.29 is 5.11 Å². The van der Waals surface area contributed by atoms with Crippen molar-refractivity contribution in [2.24, 2.45) is 0 Å². The molecule has 0 spiro atoms. The molecule has 15 heavy (non-hydrogen) atoms. The summed E-state index contributed by atoms with van der Waals surface area (Å²) in [5.41, 5.74) is 2.11. The molecule has 1 aromatic heterocycles. The Balaban J connectivity index is 1.94. The van der Waals surface area contributed by atoms with Crippen LogP contribution >= 0.6 is 0 Å². The maximum Gasteiger partial charge on any atom is 0.0925 e. The second kappa shape index (κ2) is 4.33. The molecule has 0 atom stereocenters. The molecule has 2 rings (SSSR count). The van der Waals surface area contributed by atoms with Gasteiger partial charge in [0.25, 0.3) is 0 Å². The van der Waals surface area contributed by atoms with E-state index in [9.17, 15) is 5.11 Å². The monoisotopic (exact) mass is 209 g/mol. The van der Waals surface area contributed by atoms with Crippen molar-refractivity contribution in [1.82, 2.24) is 15.3 Å². The molecule has 1 heterocycles. The van der Waals surface area contributed by atoms with Crippen LogP contribution in [0.1, 0.15) is 37.1 Å². The minimum Gasteiger partial charge on any atom is -0.394 e. The third-order valence-corrected chi connectivity index (χ3v) is 3.43. The molecule has 0 saturated heterocycles. The molecule has 0 aromatic carbocycles. The van der Waals surface area contributed by atoms with Crippen molar-refractivity contribution in [3.8, 4) is 0 Å². The summed E-state index contributed by atoms with van der Waals surface area (Å²) in [5, 5.41) is 12.9. The standard InChI is InChI=1S/C11H19N3O/c1-9-10(13-8-12-9)6-14-11(7-15)4-2-3-5-11/h8,14-15H,2-7H2,1H3,(H,12,13). The summed E-state index contributed by atoms with van der Waals surface area (Å²) in [5.74, 6) is 0. The fraction of sp³-hybridized carbons (Fsp3) is 0.727. The summed E-state index contributed by atoms with van der Waals surface area (Å²) in [7, 11) is 0. The van der Waals surface area contributed by atoms with Crippen molar-refractivity contribution in [2.75, 3.05) is 6.61 Å². The zero-order valence-electron chi connectivity index (χ0n) is 9.21. The molecule has 1 aromatic rings. The summed E-state index contributed by atoms with van der Waals surface area (Å²) in [4.78, 5) is 7.30. The van der Waals surface area contributed by atoms with Gasteiger partial charge in [-0.3, -0.25) is 0 Å². The second-order valence-corrected chi connectivity index (χ2v) is 4.47. The highest BCUT2D eigenvalue weighted by Crippen LogP contribution is 2.29.